The highest BCUT2D eigenvalue weighted by atomic mass is 35.5. The normalized spacial score (nSPS) is 27.8. The molecule has 0 aromatic heterocycles. The van der Waals surface area contributed by atoms with E-state index in [1.807, 2.05) is 0 Å². The van der Waals surface area contributed by atoms with Crippen molar-refractivity contribution in [1.82, 2.24) is 4.90 Å². The van der Waals surface area contributed by atoms with E-state index < -0.39 is 8.60 Å². The summed E-state index contributed by atoms with van der Waals surface area (Å²) in [6.07, 6.45) is 2.65. The molecule has 0 aromatic rings. The summed E-state index contributed by atoms with van der Waals surface area (Å²) < 4.78 is 10.5. The SMILES string of the molecule is C=C1N=C(N)C(Cl)=CN1C1CCC(COP(O)O)O1. The third kappa shape index (κ3) is 3.66. The fourth-order valence-corrected chi connectivity index (χ4v) is 2.37. The number of amidine groups is 1. The summed E-state index contributed by atoms with van der Waals surface area (Å²) in [5, 5.41) is 0.338. The summed E-state index contributed by atoms with van der Waals surface area (Å²) in [7, 11) is -2.35. The lowest BCUT2D eigenvalue weighted by molar-refractivity contribution is -0.0371. The van der Waals surface area contributed by atoms with Crippen LogP contribution >= 0.6 is 20.2 Å². The molecular weight excluding hydrogens is 293 g/mol. The molecule has 0 saturated carbocycles. The van der Waals surface area contributed by atoms with Gasteiger partial charge in [-0.05, 0) is 12.8 Å². The van der Waals surface area contributed by atoms with E-state index in [-0.39, 0.29) is 24.8 Å². The van der Waals surface area contributed by atoms with Crippen LogP contribution in [0.1, 0.15) is 12.8 Å². The molecule has 7 nitrogen and oxygen atoms in total. The topological polar surface area (TPSA) is 101 Å². The molecule has 2 heterocycles. The van der Waals surface area contributed by atoms with Gasteiger partial charge in [-0.15, -0.1) is 0 Å². The van der Waals surface area contributed by atoms with E-state index in [1.54, 1.807) is 11.1 Å². The Morgan fingerprint density at radius 2 is 2.37 bits per heavy atom. The summed E-state index contributed by atoms with van der Waals surface area (Å²) >= 11 is 5.92. The first-order chi connectivity index (χ1) is 8.97. The molecule has 1 saturated heterocycles. The molecule has 19 heavy (non-hydrogen) atoms. The predicted molar refractivity (Wildman–Crippen MR) is 71.7 cm³/mol. The van der Waals surface area contributed by atoms with Crippen molar-refractivity contribution < 1.29 is 19.0 Å². The maximum absolute atomic E-state index is 8.69. The monoisotopic (exact) mass is 307 g/mol. The van der Waals surface area contributed by atoms with Crippen LogP contribution in [0.4, 0.5) is 0 Å². The molecule has 4 N–H and O–H groups in total. The molecule has 2 unspecified atom stereocenters. The van der Waals surface area contributed by atoms with Gasteiger partial charge in [0.25, 0.3) is 0 Å². The number of rotatable bonds is 4. The molecule has 9 heteroatoms. The van der Waals surface area contributed by atoms with Crippen molar-refractivity contribution in [3.05, 3.63) is 23.6 Å². The van der Waals surface area contributed by atoms with Gasteiger partial charge in [0.15, 0.2) is 0 Å². The van der Waals surface area contributed by atoms with E-state index in [9.17, 15) is 0 Å². The molecule has 2 aliphatic heterocycles. The van der Waals surface area contributed by atoms with Crippen LogP contribution in [-0.2, 0) is 9.26 Å². The smallest absolute Gasteiger partial charge is 0.327 e. The second-order valence-corrected chi connectivity index (χ2v) is 5.31. The zero-order valence-electron chi connectivity index (χ0n) is 10.1. The van der Waals surface area contributed by atoms with Crippen molar-refractivity contribution in [2.45, 2.75) is 25.2 Å². The van der Waals surface area contributed by atoms with Crippen molar-refractivity contribution in [2.75, 3.05) is 6.61 Å². The van der Waals surface area contributed by atoms with Crippen LogP contribution in [0.5, 0.6) is 0 Å². The zero-order valence-corrected chi connectivity index (χ0v) is 11.7. The second-order valence-electron chi connectivity index (χ2n) is 4.14. The van der Waals surface area contributed by atoms with Gasteiger partial charge in [-0.1, -0.05) is 18.2 Å². The van der Waals surface area contributed by atoms with Crippen LogP contribution in [-0.4, -0.2) is 39.5 Å². The van der Waals surface area contributed by atoms with E-state index in [2.05, 4.69) is 11.6 Å². The lowest BCUT2D eigenvalue weighted by Gasteiger charge is -2.29. The Labute approximate surface area is 117 Å². The highest BCUT2D eigenvalue weighted by molar-refractivity contribution is 7.39. The number of nitrogens with two attached hydrogens (primary N) is 1. The first-order valence-corrected chi connectivity index (χ1v) is 7.17. The van der Waals surface area contributed by atoms with Crippen LogP contribution in [0.25, 0.3) is 0 Å². The number of hydrogen-bond acceptors (Lipinski definition) is 7. The second kappa shape index (κ2) is 6.17. The molecule has 0 spiro atoms. The predicted octanol–water partition coefficient (Wildman–Crippen LogP) is 0.944. The summed E-state index contributed by atoms with van der Waals surface area (Å²) in [5.41, 5.74) is 5.59. The van der Waals surface area contributed by atoms with Crippen molar-refractivity contribution in [2.24, 2.45) is 10.7 Å². The first kappa shape index (κ1) is 14.7. The van der Waals surface area contributed by atoms with Gasteiger partial charge in [0.2, 0.25) is 0 Å². The van der Waals surface area contributed by atoms with Crippen molar-refractivity contribution in [3.63, 3.8) is 0 Å². The number of ether oxygens (including phenoxy) is 1. The van der Waals surface area contributed by atoms with Gasteiger partial charge >= 0.3 is 8.60 Å². The Bertz CT molecular complexity index is 429. The van der Waals surface area contributed by atoms with Gasteiger partial charge in [-0.2, -0.15) is 0 Å². The van der Waals surface area contributed by atoms with Crippen LogP contribution in [0.2, 0.25) is 0 Å². The molecule has 2 aliphatic rings. The Hall–Kier alpha value is -0.690. The third-order valence-corrected chi connectivity index (χ3v) is 3.49. The summed E-state index contributed by atoms with van der Waals surface area (Å²) in [6.45, 7) is 3.93. The fourth-order valence-electron chi connectivity index (χ4n) is 1.93. The fraction of sp³-hybridized carbons (Fsp3) is 0.500. The number of halogens is 1. The third-order valence-electron chi connectivity index (χ3n) is 2.82. The summed E-state index contributed by atoms with van der Waals surface area (Å²) in [6, 6.07) is 0. The number of nitrogens with zero attached hydrogens (tertiary/aromatic N) is 2. The minimum absolute atomic E-state index is 0.137. The van der Waals surface area contributed by atoms with Crippen LogP contribution in [0, 0.1) is 0 Å². The van der Waals surface area contributed by atoms with E-state index >= 15 is 0 Å². The number of hydrogen-bond donors (Lipinski definition) is 3. The van der Waals surface area contributed by atoms with Crippen LogP contribution in [0.3, 0.4) is 0 Å². The molecular formula is C10H15ClN3O4P. The van der Waals surface area contributed by atoms with E-state index in [1.165, 1.54) is 0 Å². The van der Waals surface area contributed by atoms with Gasteiger partial charge in [0.05, 0.1) is 17.7 Å². The number of aliphatic imine (C=N–C) groups is 1. The van der Waals surface area contributed by atoms with E-state index in [4.69, 9.17) is 36.4 Å². The highest BCUT2D eigenvalue weighted by Crippen LogP contribution is 2.31. The summed E-state index contributed by atoms with van der Waals surface area (Å²) in [4.78, 5) is 23.1. The van der Waals surface area contributed by atoms with Gasteiger partial charge in [-0.3, -0.25) is 0 Å². The lowest BCUT2D eigenvalue weighted by atomic mass is 10.2. The molecule has 1 fully saturated rings. The molecule has 0 aromatic carbocycles. The Morgan fingerprint density at radius 3 is 3.05 bits per heavy atom. The molecule has 2 atom stereocenters. The van der Waals surface area contributed by atoms with Gasteiger partial charge < -0.3 is 29.7 Å². The minimum atomic E-state index is -2.35. The minimum Gasteiger partial charge on any atom is -0.382 e. The molecule has 106 valence electrons. The Balaban J connectivity index is 1.92. The first-order valence-electron chi connectivity index (χ1n) is 5.62. The summed E-state index contributed by atoms with van der Waals surface area (Å²) in [5.74, 6) is 0.687. The molecule has 2 rings (SSSR count). The maximum atomic E-state index is 8.69. The zero-order chi connectivity index (χ0) is 14.0. The van der Waals surface area contributed by atoms with Crippen molar-refractivity contribution in [1.29, 1.82) is 0 Å². The van der Waals surface area contributed by atoms with Crippen LogP contribution in [0.15, 0.2) is 28.6 Å². The highest BCUT2D eigenvalue weighted by Gasteiger charge is 2.32. The van der Waals surface area contributed by atoms with Crippen LogP contribution < -0.4 is 5.73 Å². The Morgan fingerprint density at radius 1 is 1.63 bits per heavy atom. The van der Waals surface area contributed by atoms with Gasteiger partial charge in [-0.25, -0.2) is 4.99 Å². The average Bonchev–Trinajstić information content (AvgIpc) is 2.80. The van der Waals surface area contributed by atoms with Crippen molar-refractivity contribution >= 4 is 26.0 Å². The maximum Gasteiger partial charge on any atom is 0.327 e. The largest absolute Gasteiger partial charge is 0.382 e. The molecule has 0 bridgehead atoms. The lowest BCUT2D eigenvalue weighted by Crippen LogP contribution is -2.34. The van der Waals surface area contributed by atoms with Gasteiger partial charge in [0, 0.05) is 6.20 Å². The molecule has 0 aliphatic carbocycles. The molecule has 0 radical (unpaired) electrons. The molecule has 0 amide bonds. The van der Waals surface area contributed by atoms with Crippen molar-refractivity contribution in [3.8, 4) is 0 Å². The quantitative estimate of drug-likeness (QED) is 0.668. The van der Waals surface area contributed by atoms with Gasteiger partial charge in [0.1, 0.15) is 17.9 Å². The van der Waals surface area contributed by atoms with E-state index in [0.717, 1.165) is 12.8 Å². The average molecular weight is 308 g/mol. The van der Waals surface area contributed by atoms with E-state index in [0.29, 0.717) is 10.9 Å². The Kier molecular flexibility index (Phi) is 4.78. The standard InChI is InChI=1S/C10H15ClN3O4P/c1-6-13-10(12)8(11)4-14(6)9-3-2-7(18-9)5-17-19(15)16/h4,7,9,15-16H,1-3,5H2,(H2,12,13).